The molecule has 1 aromatic carbocycles. The molecule has 1 unspecified atom stereocenters. The minimum Gasteiger partial charge on any atom is -0.314 e. The monoisotopic (exact) mass is 375 g/mol. The SMILES string of the molecule is Cl.Fc1ccc(CN2CCNCC2c2cccnc2)c(Cl)c1Cl. The Balaban J connectivity index is 0.00000192. The number of benzene rings is 1. The summed E-state index contributed by atoms with van der Waals surface area (Å²) in [5.41, 5.74) is 1.99. The van der Waals surface area contributed by atoms with Gasteiger partial charge < -0.3 is 5.32 Å². The molecule has 2 aromatic rings. The van der Waals surface area contributed by atoms with Crippen LogP contribution < -0.4 is 5.32 Å². The normalized spacial score (nSPS) is 18.5. The minimum absolute atomic E-state index is 0. The van der Waals surface area contributed by atoms with Crippen LogP contribution in [-0.2, 0) is 6.54 Å². The average Bonchev–Trinajstić information content (AvgIpc) is 2.57. The van der Waals surface area contributed by atoms with Gasteiger partial charge in [-0.15, -0.1) is 12.4 Å². The first-order valence-corrected chi connectivity index (χ1v) is 7.89. The number of piperazine rings is 1. The van der Waals surface area contributed by atoms with E-state index < -0.39 is 5.82 Å². The molecular weight excluding hydrogens is 360 g/mol. The summed E-state index contributed by atoms with van der Waals surface area (Å²) in [5.74, 6) is -0.487. The number of nitrogens with zero attached hydrogens (tertiary/aromatic N) is 2. The van der Waals surface area contributed by atoms with E-state index in [2.05, 4.69) is 21.3 Å². The second-order valence-electron chi connectivity index (χ2n) is 5.31. The van der Waals surface area contributed by atoms with Gasteiger partial charge in [-0.3, -0.25) is 9.88 Å². The van der Waals surface area contributed by atoms with Crippen molar-refractivity contribution in [2.24, 2.45) is 0 Å². The van der Waals surface area contributed by atoms with Crippen LogP contribution in [0.25, 0.3) is 0 Å². The first-order chi connectivity index (χ1) is 10.7. The molecule has 124 valence electrons. The van der Waals surface area contributed by atoms with E-state index in [4.69, 9.17) is 23.2 Å². The smallest absolute Gasteiger partial charge is 0.143 e. The Kier molecular flexibility index (Phi) is 6.62. The van der Waals surface area contributed by atoms with Gasteiger partial charge in [0.25, 0.3) is 0 Å². The van der Waals surface area contributed by atoms with Gasteiger partial charge in [-0.05, 0) is 23.3 Å². The van der Waals surface area contributed by atoms with Crippen molar-refractivity contribution < 1.29 is 4.39 Å². The van der Waals surface area contributed by atoms with E-state index in [1.54, 1.807) is 12.3 Å². The molecule has 2 heterocycles. The number of halogens is 4. The standard InChI is InChI=1S/C16H16Cl2FN3.ClH/c17-15-12(3-4-13(19)16(15)18)10-22-7-6-21-9-14(22)11-2-1-5-20-8-11;/h1-5,8,14,21H,6-7,9-10H2;1H. The lowest BCUT2D eigenvalue weighted by Crippen LogP contribution is -2.45. The van der Waals surface area contributed by atoms with Crippen molar-refractivity contribution in [3.63, 3.8) is 0 Å². The van der Waals surface area contributed by atoms with Crippen LogP contribution in [0.2, 0.25) is 10.0 Å². The van der Waals surface area contributed by atoms with Crippen molar-refractivity contribution in [1.82, 2.24) is 15.2 Å². The topological polar surface area (TPSA) is 28.2 Å². The molecule has 0 aliphatic carbocycles. The number of hydrogen-bond acceptors (Lipinski definition) is 3. The Hall–Kier alpha value is -0.910. The predicted octanol–water partition coefficient (Wildman–Crippen LogP) is 4.10. The third kappa shape index (κ3) is 4.14. The number of rotatable bonds is 3. The maximum absolute atomic E-state index is 13.4. The minimum atomic E-state index is -0.487. The molecule has 0 radical (unpaired) electrons. The van der Waals surface area contributed by atoms with Gasteiger partial charge in [-0.1, -0.05) is 35.3 Å². The molecular formula is C16H17Cl3FN3. The zero-order chi connectivity index (χ0) is 15.5. The second kappa shape index (κ2) is 8.27. The predicted molar refractivity (Wildman–Crippen MR) is 93.9 cm³/mol. The van der Waals surface area contributed by atoms with Gasteiger partial charge in [0.15, 0.2) is 0 Å². The van der Waals surface area contributed by atoms with Crippen LogP contribution in [0.15, 0.2) is 36.7 Å². The molecule has 7 heteroatoms. The molecule has 0 saturated carbocycles. The van der Waals surface area contributed by atoms with Crippen molar-refractivity contribution in [3.8, 4) is 0 Å². The highest BCUT2D eigenvalue weighted by atomic mass is 35.5. The van der Waals surface area contributed by atoms with E-state index in [1.165, 1.54) is 6.07 Å². The molecule has 0 bridgehead atoms. The Morgan fingerprint density at radius 3 is 2.83 bits per heavy atom. The van der Waals surface area contributed by atoms with Crippen molar-refractivity contribution in [2.45, 2.75) is 12.6 Å². The van der Waals surface area contributed by atoms with Crippen LogP contribution in [-0.4, -0.2) is 29.5 Å². The summed E-state index contributed by atoms with van der Waals surface area (Å²) in [6, 6.07) is 7.28. The molecule has 1 saturated heterocycles. The third-order valence-electron chi connectivity index (χ3n) is 3.91. The Morgan fingerprint density at radius 2 is 2.09 bits per heavy atom. The lowest BCUT2D eigenvalue weighted by molar-refractivity contribution is 0.153. The summed E-state index contributed by atoms with van der Waals surface area (Å²) in [7, 11) is 0. The average molecular weight is 377 g/mol. The Bertz CT molecular complexity index is 655. The van der Waals surface area contributed by atoms with Gasteiger partial charge >= 0.3 is 0 Å². The van der Waals surface area contributed by atoms with Crippen LogP contribution in [0.1, 0.15) is 17.2 Å². The summed E-state index contributed by atoms with van der Waals surface area (Å²) in [4.78, 5) is 6.50. The lowest BCUT2D eigenvalue weighted by atomic mass is 10.0. The molecule has 1 fully saturated rings. The summed E-state index contributed by atoms with van der Waals surface area (Å²) >= 11 is 12.1. The number of aromatic nitrogens is 1. The molecule has 1 aliphatic rings. The molecule has 0 spiro atoms. The number of pyridine rings is 1. The van der Waals surface area contributed by atoms with Crippen LogP contribution in [0, 0.1) is 5.82 Å². The lowest BCUT2D eigenvalue weighted by Gasteiger charge is -2.36. The number of hydrogen-bond donors (Lipinski definition) is 1. The molecule has 1 N–H and O–H groups in total. The summed E-state index contributed by atoms with van der Waals surface area (Å²) in [6.07, 6.45) is 3.64. The van der Waals surface area contributed by atoms with Crippen LogP contribution in [0.5, 0.6) is 0 Å². The highest BCUT2D eigenvalue weighted by Crippen LogP contribution is 2.31. The van der Waals surface area contributed by atoms with Crippen LogP contribution >= 0.6 is 35.6 Å². The van der Waals surface area contributed by atoms with Crippen molar-refractivity contribution >= 4 is 35.6 Å². The van der Waals surface area contributed by atoms with Gasteiger partial charge in [0.1, 0.15) is 5.82 Å². The van der Waals surface area contributed by atoms with Crippen molar-refractivity contribution in [2.75, 3.05) is 19.6 Å². The molecule has 0 amide bonds. The van der Waals surface area contributed by atoms with E-state index in [1.807, 2.05) is 12.3 Å². The van der Waals surface area contributed by atoms with Gasteiger partial charge in [-0.2, -0.15) is 0 Å². The van der Waals surface area contributed by atoms with E-state index in [0.717, 1.165) is 30.8 Å². The molecule has 3 nitrogen and oxygen atoms in total. The van der Waals surface area contributed by atoms with Crippen LogP contribution in [0.3, 0.4) is 0 Å². The fraction of sp³-hybridized carbons (Fsp3) is 0.312. The first kappa shape index (κ1) is 18.4. The summed E-state index contributed by atoms with van der Waals surface area (Å²) in [6.45, 7) is 3.26. The fourth-order valence-corrected chi connectivity index (χ4v) is 3.14. The molecule has 3 rings (SSSR count). The Labute approximate surface area is 151 Å². The number of nitrogens with one attached hydrogen (secondary N) is 1. The summed E-state index contributed by atoms with van der Waals surface area (Å²) < 4.78 is 13.4. The van der Waals surface area contributed by atoms with Crippen molar-refractivity contribution in [1.29, 1.82) is 0 Å². The zero-order valence-electron chi connectivity index (χ0n) is 12.3. The van der Waals surface area contributed by atoms with E-state index >= 15 is 0 Å². The maximum atomic E-state index is 13.4. The highest BCUT2D eigenvalue weighted by molar-refractivity contribution is 6.42. The van der Waals surface area contributed by atoms with E-state index in [9.17, 15) is 4.39 Å². The van der Waals surface area contributed by atoms with Gasteiger partial charge in [0.05, 0.1) is 10.0 Å². The molecule has 1 aromatic heterocycles. The van der Waals surface area contributed by atoms with Gasteiger partial charge in [0.2, 0.25) is 0 Å². The maximum Gasteiger partial charge on any atom is 0.143 e. The van der Waals surface area contributed by atoms with Crippen LogP contribution in [0.4, 0.5) is 4.39 Å². The fourth-order valence-electron chi connectivity index (χ4n) is 2.74. The first-order valence-electron chi connectivity index (χ1n) is 7.14. The highest BCUT2D eigenvalue weighted by Gasteiger charge is 2.25. The quantitative estimate of drug-likeness (QED) is 0.818. The van der Waals surface area contributed by atoms with E-state index in [0.29, 0.717) is 11.6 Å². The molecule has 1 aliphatic heterocycles. The van der Waals surface area contributed by atoms with Crippen molar-refractivity contribution in [3.05, 3.63) is 63.6 Å². The largest absolute Gasteiger partial charge is 0.314 e. The van der Waals surface area contributed by atoms with Gasteiger partial charge in [-0.25, -0.2) is 4.39 Å². The van der Waals surface area contributed by atoms with Gasteiger partial charge in [0, 0.05) is 44.6 Å². The zero-order valence-corrected chi connectivity index (χ0v) is 14.6. The molecule has 1 atom stereocenters. The Morgan fingerprint density at radius 1 is 1.26 bits per heavy atom. The third-order valence-corrected chi connectivity index (χ3v) is 4.81. The van der Waals surface area contributed by atoms with E-state index in [-0.39, 0.29) is 23.5 Å². The summed E-state index contributed by atoms with van der Waals surface area (Å²) in [5, 5.41) is 3.68. The molecule has 23 heavy (non-hydrogen) atoms. The second-order valence-corrected chi connectivity index (χ2v) is 6.07.